The lowest BCUT2D eigenvalue weighted by atomic mass is 9.86. The number of nitrogens with zero attached hydrogens (tertiary/aromatic N) is 1. The molecule has 1 amide bonds. The highest BCUT2D eigenvalue weighted by atomic mass is 16.2. The normalized spacial score (nSPS) is 17.7. The first-order valence-corrected chi connectivity index (χ1v) is 6.00. The molecule has 0 aliphatic carbocycles. The minimum Gasteiger partial charge on any atom is -0.311 e. The Morgan fingerprint density at radius 2 is 1.94 bits per heavy atom. The zero-order chi connectivity index (χ0) is 11.8. The summed E-state index contributed by atoms with van der Waals surface area (Å²) in [5.41, 5.74) is 1.91. The number of carbonyl (C=O) groups excluding carboxylic acids is 1. The number of para-hydroxylation sites is 1. The molecule has 1 aliphatic heterocycles. The zero-order valence-corrected chi connectivity index (χ0v) is 10.3. The van der Waals surface area contributed by atoms with Crippen molar-refractivity contribution in [3.8, 4) is 0 Å². The molecule has 16 heavy (non-hydrogen) atoms. The minimum absolute atomic E-state index is 0.238. The highest BCUT2D eigenvalue weighted by Gasteiger charge is 2.42. The molecule has 1 aromatic carbocycles. The summed E-state index contributed by atoms with van der Waals surface area (Å²) < 4.78 is 0. The van der Waals surface area contributed by atoms with E-state index in [1.165, 1.54) is 0 Å². The molecule has 0 saturated carbocycles. The van der Waals surface area contributed by atoms with Crippen molar-refractivity contribution in [2.45, 2.75) is 39.0 Å². The standard InChI is InChI=1S/C14H19NO/c1-4-5-10-15-12-9-7-6-8-11(12)14(2,3)13(15)16/h6-9H,4-5,10H2,1-3H3. The second-order valence-corrected chi connectivity index (χ2v) is 4.95. The molecule has 2 heteroatoms. The monoisotopic (exact) mass is 217 g/mol. The van der Waals surface area contributed by atoms with Gasteiger partial charge in [-0.25, -0.2) is 0 Å². The maximum Gasteiger partial charge on any atom is 0.237 e. The third kappa shape index (κ3) is 1.53. The van der Waals surface area contributed by atoms with Gasteiger partial charge in [0.1, 0.15) is 0 Å². The highest BCUT2D eigenvalue weighted by molar-refractivity contribution is 6.07. The van der Waals surface area contributed by atoms with Crippen molar-refractivity contribution in [3.63, 3.8) is 0 Å². The van der Waals surface area contributed by atoms with Crippen LogP contribution in [0.5, 0.6) is 0 Å². The van der Waals surface area contributed by atoms with Crippen molar-refractivity contribution in [2.75, 3.05) is 11.4 Å². The maximum atomic E-state index is 12.3. The van der Waals surface area contributed by atoms with Crippen LogP contribution in [0, 0.1) is 0 Å². The van der Waals surface area contributed by atoms with Crippen molar-refractivity contribution in [3.05, 3.63) is 29.8 Å². The van der Waals surface area contributed by atoms with Gasteiger partial charge in [0.2, 0.25) is 5.91 Å². The molecule has 0 atom stereocenters. The number of benzene rings is 1. The molecule has 86 valence electrons. The van der Waals surface area contributed by atoms with Crippen molar-refractivity contribution in [1.29, 1.82) is 0 Å². The lowest BCUT2D eigenvalue weighted by Crippen LogP contribution is -2.36. The van der Waals surface area contributed by atoms with E-state index in [0.717, 1.165) is 30.6 Å². The van der Waals surface area contributed by atoms with Gasteiger partial charge in [0.15, 0.2) is 0 Å². The van der Waals surface area contributed by atoms with Gasteiger partial charge in [0.25, 0.3) is 0 Å². The van der Waals surface area contributed by atoms with E-state index in [9.17, 15) is 4.79 Å². The Hall–Kier alpha value is -1.31. The van der Waals surface area contributed by atoms with Gasteiger partial charge in [0.05, 0.1) is 5.41 Å². The summed E-state index contributed by atoms with van der Waals surface area (Å²) in [6, 6.07) is 8.14. The molecule has 1 aliphatic rings. The molecule has 0 spiro atoms. The molecular weight excluding hydrogens is 198 g/mol. The Bertz CT molecular complexity index is 409. The molecular formula is C14H19NO. The van der Waals surface area contributed by atoms with E-state index in [-0.39, 0.29) is 11.3 Å². The van der Waals surface area contributed by atoms with E-state index >= 15 is 0 Å². The van der Waals surface area contributed by atoms with Crippen molar-refractivity contribution >= 4 is 11.6 Å². The molecule has 2 nitrogen and oxygen atoms in total. The minimum atomic E-state index is -0.357. The Morgan fingerprint density at radius 1 is 1.25 bits per heavy atom. The Labute approximate surface area is 97.3 Å². The van der Waals surface area contributed by atoms with Gasteiger partial charge in [-0.15, -0.1) is 0 Å². The van der Waals surface area contributed by atoms with Crippen LogP contribution in [-0.4, -0.2) is 12.5 Å². The number of carbonyl (C=O) groups is 1. The molecule has 2 rings (SSSR count). The van der Waals surface area contributed by atoms with Gasteiger partial charge in [-0.2, -0.15) is 0 Å². The largest absolute Gasteiger partial charge is 0.311 e. The van der Waals surface area contributed by atoms with Crippen LogP contribution in [0.2, 0.25) is 0 Å². The smallest absolute Gasteiger partial charge is 0.237 e. The highest BCUT2D eigenvalue weighted by Crippen LogP contribution is 2.41. The lowest BCUT2D eigenvalue weighted by Gasteiger charge is -2.20. The van der Waals surface area contributed by atoms with Gasteiger partial charge in [0, 0.05) is 12.2 Å². The molecule has 0 bridgehead atoms. The number of unbranched alkanes of at least 4 members (excludes halogenated alkanes) is 1. The number of amides is 1. The molecule has 0 N–H and O–H groups in total. The fraction of sp³-hybridized carbons (Fsp3) is 0.500. The van der Waals surface area contributed by atoms with Gasteiger partial charge >= 0.3 is 0 Å². The third-order valence-electron chi connectivity index (χ3n) is 3.38. The van der Waals surface area contributed by atoms with E-state index < -0.39 is 0 Å². The first kappa shape index (κ1) is 11.2. The average Bonchev–Trinajstić information content (AvgIpc) is 2.47. The number of rotatable bonds is 3. The summed E-state index contributed by atoms with van der Waals surface area (Å²) in [4.78, 5) is 14.3. The predicted molar refractivity (Wildman–Crippen MR) is 66.7 cm³/mol. The van der Waals surface area contributed by atoms with Crippen molar-refractivity contribution < 1.29 is 4.79 Å². The van der Waals surface area contributed by atoms with Gasteiger partial charge in [-0.1, -0.05) is 31.5 Å². The number of hydrogen-bond donors (Lipinski definition) is 0. The molecule has 1 aromatic rings. The van der Waals surface area contributed by atoms with E-state index in [0.29, 0.717) is 0 Å². The first-order valence-electron chi connectivity index (χ1n) is 6.00. The number of hydrogen-bond acceptors (Lipinski definition) is 1. The van der Waals surface area contributed by atoms with Gasteiger partial charge < -0.3 is 4.90 Å². The van der Waals surface area contributed by atoms with Crippen LogP contribution >= 0.6 is 0 Å². The summed E-state index contributed by atoms with van der Waals surface area (Å²) in [7, 11) is 0. The lowest BCUT2D eigenvalue weighted by molar-refractivity contribution is -0.122. The second kappa shape index (κ2) is 3.93. The zero-order valence-electron chi connectivity index (χ0n) is 10.3. The van der Waals surface area contributed by atoms with E-state index in [1.54, 1.807) is 0 Å². The molecule has 1 heterocycles. The maximum absolute atomic E-state index is 12.3. The van der Waals surface area contributed by atoms with Crippen LogP contribution in [0.15, 0.2) is 24.3 Å². The second-order valence-electron chi connectivity index (χ2n) is 4.95. The fourth-order valence-corrected chi connectivity index (χ4v) is 2.34. The summed E-state index contributed by atoms with van der Waals surface area (Å²) >= 11 is 0. The number of anilines is 1. The number of fused-ring (bicyclic) bond motifs is 1. The summed E-state index contributed by atoms with van der Waals surface area (Å²) in [5.74, 6) is 0.238. The van der Waals surface area contributed by atoms with Gasteiger partial charge in [-0.05, 0) is 31.9 Å². The van der Waals surface area contributed by atoms with Crippen LogP contribution in [-0.2, 0) is 10.2 Å². The molecule has 0 saturated heterocycles. The SMILES string of the molecule is CCCCN1C(=O)C(C)(C)c2ccccc21. The van der Waals surface area contributed by atoms with E-state index in [4.69, 9.17) is 0 Å². The van der Waals surface area contributed by atoms with E-state index in [1.807, 2.05) is 30.9 Å². The fourth-order valence-electron chi connectivity index (χ4n) is 2.34. The molecule has 0 aromatic heterocycles. The van der Waals surface area contributed by atoms with Gasteiger partial charge in [-0.3, -0.25) is 4.79 Å². The Morgan fingerprint density at radius 3 is 2.62 bits per heavy atom. The summed E-state index contributed by atoms with van der Waals surface area (Å²) in [6.45, 7) is 7.02. The van der Waals surface area contributed by atoms with Crippen LogP contribution < -0.4 is 4.90 Å². The predicted octanol–water partition coefficient (Wildman–Crippen LogP) is 3.11. The quantitative estimate of drug-likeness (QED) is 0.761. The molecule has 0 radical (unpaired) electrons. The van der Waals surface area contributed by atoms with Crippen molar-refractivity contribution in [2.24, 2.45) is 0 Å². The van der Waals surface area contributed by atoms with Crippen molar-refractivity contribution in [1.82, 2.24) is 0 Å². The van der Waals surface area contributed by atoms with Crippen LogP contribution in [0.3, 0.4) is 0 Å². The molecule has 0 fully saturated rings. The Balaban J connectivity index is 2.39. The Kier molecular flexibility index (Phi) is 2.75. The van der Waals surface area contributed by atoms with Crippen LogP contribution in [0.4, 0.5) is 5.69 Å². The summed E-state index contributed by atoms with van der Waals surface area (Å²) in [6.07, 6.45) is 2.18. The topological polar surface area (TPSA) is 20.3 Å². The van der Waals surface area contributed by atoms with Crippen LogP contribution in [0.1, 0.15) is 39.2 Å². The molecule has 0 unspecified atom stereocenters. The third-order valence-corrected chi connectivity index (χ3v) is 3.38. The van der Waals surface area contributed by atoms with Crippen LogP contribution in [0.25, 0.3) is 0 Å². The average molecular weight is 217 g/mol. The first-order chi connectivity index (χ1) is 7.59. The summed E-state index contributed by atoms with van der Waals surface area (Å²) in [5, 5.41) is 0. The van der Waals surface area contributed by atoms with E-state index in [2.05, 4.69) is 19.1 Å².